The van der Waals surface area contributed by atoms with Crippen molar-refractivity contribution >= 4 is 34.9 Å². The molecule has 5 heteroatoms. The van der Waals surface area contributed by atoms with E-state index in [0.717, 1.165) is 10.9 Å². The fourth-order valence-corrected chi connectivity index (χ4v) is 4.48. The lowest BCUT2D eigenvalue weighted by Gasteiger charge is -2.25. The highest BCUT2D eigenvalue weighted by atomic mass is 79.9. The zero-order valence-corrected chi connectivity index (χ0v) is 18.8. The maximum absolute atomic E-state index is 6.24. The normalized spacial score (nSPS) is 20.5. The number of fused-ring (bicyclic) bond motifs is 1. The summed E-state index contributed by atoms with van der Waals surface area (Å²) in [4.78, 5) is 2.50. The highest BCUT2D eigenvalue weighted by Gasteiger charge is 2.25. The average Bonchev–Trinajstić information content (AvgIpc) is 3.08. The van der Waals surface area contributed by atoms with Gasteiger partial charge in [-0.25, -0.2) is 0 Å². The number of halogens is 1. The van der Waals surface area contributed by atoms with Crippen molar-refractivity contribution in [1.82, 2.24) is 9.47 Å². The van der Waals surface area contributed by atoms with Crippen LogP contribution in [0.25, 0.3) is 10.9 Å². The summed E-state index contributed by atoms with van der Waals surface area (Å²) in [5.74, 6) is 0. The minimum atomic E-state index is -1.27. The van der Waals surface area contributed by atoms with Gasteiger partial charge in [0.1, 0.15) is 6.73 Å². The number of nitrogens with zero attached hydrogens (tertiary/aromatic N) is 2. The summed E-state index contributed by atoms with van der Waals surface area (Å²) in [6, 6.07) is 7.27. The van der Waals surface area contributed by atoms with Gasteiger partial charge in [0.2, 0.25) is 0 Å². The van der Waals surface area contributed by atoms with E-state index in [1.807, 2.05) is 0 Å². The van der Waals surface area contributed by atoms with Crippen molar-refractivity contribution in [3.05, 3.63) is 34.4 Å². The first kappa shape index (κ1) is 19.1. The van der Waals surface area contributed by atoms with Gasteiger partial charge in [-0.1, -0.05) is 35.6 Å². The molecular weight excluding hydrogens is 392 g/mol. The van der Waals surface area contributed by atoms with Crippen LogP contribution in [0.1, 0.15) is 25.3 Å². The largest absolute Gasteiger partial charge is 0.361 e. The molecular formula is C20H31BrN2OSi. The van der Waals surface area contributed by atoms with Gasteiger partial charge in [-0.3, -0.25) is 0 Å². The molecule has 25 heavy (non-hydrogen) atoms. The third-order valence-electron chi connectivity index (χ3n) is 5.74. The number of ether oxygens (including phenoxy) is 1. The Balaban J connectivity index is 1.86. The van der Waals surface area contributed by atoms with Crippen LogP contribution in [0.2, 0.25) is 19.6 Å². The van der Waals surface area contributed by atoms with Gasteiger partial charge in [0, 0.05) is 27.8 Å². The van der Waals surface area contributed by atoms with Crippen LogP contribution in [-0.4, -0.2) is 42.9 Å². The smallest absolute Gasteiger partial charge is 0.122 e. The lowest BCUT2D eigenvalue weighted by Crippen LogP contribution is -2.38. The molecule has 3 nitrogen and oxygen atoms in total. The Labute approximate surface area is 161 Å². The zero-order chi connectivity index (χ0) is 18.2. The van der Waals surface area contributed by atoms with Crippen LogP contribution in [0, 0.1) is 0 Å². The van der Waals surface area contributed by atoms with Crippen LogP contribution in [-0.2, 0) is 17.9 Å². The Morgan fingerprint density at radius 1 is 1.32 bits per heavy atom. The van der Waals surface area contributed by atoms with E-state index in [1.165, 1.54) is 35.9 Å². The van der Waals surface area contributed by atoms with E-state index in [1.54, 1.807) is 0 Å². The Hall–Kier alpha value is -0.623. The van der Waals surface area contributed by atoms with Crippen LogP contribution in [0.5, 0.6) is 0 Å². The van der Waals surface area contributed by atoms with Gasteiger partial charge in [-0.15, -0.1) is 0 Å². The van der Waals surface area contributed by atoms with E-state index in [9.17, 15) is 0 Å². The zero-order valence-electron chi connectivity index (χ0n) is 16.2. The number of benzene rings is 1. The molecule has 1 aliphatic rings. The molecule has 1 aliphatic heterocycles. The summed E-state index contributed by atoms with van der Waals surface area (Å²) < 4.78 is 9.68. The van der Waals surface area contributed by atoms with Gasteiger partial charge in [-0.2, -0.15) is 0 Å². The predicted molar refractivity (Wildman–Crippen MR) is 113 cm³/mol. The van der Waals surface area contributed by atoms with Gasteiger partial charge in [0.25, 0.3) is 0 Å². The molecule has 138 valence electrons. The van der Waals surface area contributed by atoms with Crippen molar-refractivity contribution in [2.75, 3.05) is 13.6 Å². The highest BCUT2D eigenvalue weighted by molar-refractivity contribution is 9.10. The maximum Gasteiger partial charge on any atom is 0.122 e. The van der Waals surface area contributed by atoms with Crippen molar-refractivity contribution in [3.63, 3.8) is 0 Å². The van der Waals surface area contributed by atoms with Crippen molar-refractivity contribution in [1.29, 1.82) is 0 Å². The summed E-state index contributed by atoms with van der Waals surface area (Å²) in [6.07, 6.45) is 6.07. The molecule has 1 aromatic carbocycles. The van der Waals surface area contributed by atoms with Crippen LogP contribution in [0.3, 0.4) is 0 Å². The number of aromatic nitrogens is 1. The van der Waals surface area contributed by atoms with Crippen molar-refractivity contribution in [2.24, 2.45) is 0 Å². The van der Waals surface area contributed by atoms with Crippen LogP contribution in [0.4, 0.5) is 0 Å². The molecule has 0 radical (unpaired) electrons. The second-order valence-corrected chi connectivity index (χ2v) is 15.0. The van der Waals surface area contributed by atoms with E-state index in [2.05, 4.69) is 83.4 Å². The van der Waals surface area contributed by atoms with Crippen molar-refractivity contribution in [2.45, 2.75) is 64.3 Å². The van der Waals surface area contributed by atoms with Crippen molar-refractivity contribution in [3.8, 4) is 0 Å². The first-order valence-electron chi connectivity index (χ1n) is 9.35. The predicted octanol–water partition coefficient (Wildman–Crippen LogP) is 5.28. The van der Waals surface area contributed by atoms with Crippen LogP contribution in [0.15, 0.2) is 28.9 Å². The molecule has 3 rings (SSSR count). The topological polar surface area (TPSA) is 17.4 Å². The number of likely N-dealkylation sites (tertiary alicyclic amines) is 1. The van der Waals surface area contributed by atoms with Gasteiger partial charge >= 0.3 is 0 Å². The van der Waals surface area contributed by atoms with Crippen molar-refractivity contribution < 1.29 is 4.74 Å². The molecule has 0 bridgehead atoms. The average molecular weight is 423 g/mol. The second-order valence-electron chi connectivity index (χ2n) is 8.57. The Morgan fingerprint density at radius 3 is 2.72 bits per heavy atom. The molecule has 2 atom stereocenters. The standard InChI is InChI=1S/C20H31BrN2OSi/c1-15(25(3,4)5)24-14-23-13-16(11-18-7-6-10-22(18)2)19-12-17(21)8-9-20(19)23/h8-9,12-13,15,18H,6-7,10-11,14H2,1-5H3. The SMILES string of the molecule is CC(OCn1cc(CC2CCCN2C)c2cc(Br)ccc21)[Si](C)(C)C. The molecule has 1 saturated heterocycles. The molecule has 1 fully saturated rings. The summed E-state index contributed by atoms with van der Waals surface area (Å²) in [7, 11) is 0.983. The van der Waals surface area contributed by atoms with E-state index >= 15 is 0 Å². The molecule has 0 spiro atoms. The van der Waals surface area contributed by atoms with E-state index in [4.69, 9.17) is 4.74 Å². The summed E-state index contributed by atoms with van der Waals surface area (Å²) in [6.45, 7) is 11.2. The fourth-order valence-electron chi connectivity index (χ4n) is 3.55. The van der Waals surface area contributed by atoms with Gasteiger partial charge < -0.3 is 14.2 Å². The molecule has 1 aromatic heterocycles. The Bertz CT molecular complexity index is 737. The molecule has 2 unspecified atom stereocenters. The molecule has 2 heterocycles. The monoisotopic (exact) mass is 422 g/mol. The highest BCUT2D eigenvalue weighted by Crippen LogP contribution is 2.29. The quantitative estimate of drug-likeness (QED) is 0.588. The van der Waals surface area contributed by atoms with Crippen LogP contribution >= 0.6 is 15.9 Å². The van der Waals surface area contributed by atoms with Gasteiger partial charge in [0.15, 0.2) is 0 Å². The first-order chi connectivity index (χ1) is 11.8. The van der Waals surface area contributed by atoms with E-state index in [0.29, 0.717) is 18.5 Å². The van der Waals surface area contributed by atoms with Gasteiger partial charge in [-0.05, 0) is 63.5 Å². The lowest BCUT2D eigenvalue weighted by molar-refractivity contribution is 0.0592. The summed E-state index contributed by atoms with van der Waals surface area (Å²) >= 11 is 3.64. The third-order valence-corrected chi connectivity index (χ3v) is 8.83. The lowest BCUT2D eigenvalue weighted by atomic mass is 10.0. The molecule has 0 N–H and O–H groups in total. The third kappa shape index (κ3) is 4.38. The number of hydrogen-bond acceptors (Lipinski definition) is 2. The van der Waals surface area contributed by atoms with E-state index < -0.39 is 8.07 Å². The molecule has 0 saturated carbocycles. The Morgan fingerprint density at radius 2 is 2.08 bits per heavy atom. The number of likely N-dealkylation sites (N-methyl/N-ethyl adjacent to an activating group) is 1. The van der Waals surface area contributed by atoms with Gasteiger partial charge in [0.05, 0.1) is 13.6 Å². The second kappa shape index (κ2) is 7.55. The minimum Gasteiger partial charge on any atom is -0.361 e. The summed E-state index contributed by atoms with van der Waals surface area (Å²) in [5.41, 5.74) is 3.07. The number of rotatable bonds is 6. The first-order valence-corrected chi connectivity index (χ1v) is 13.7. The fraction of sp³-hybridized carbons (Fsp3) is 0.600. The summed E-state index contributed by atoms with van der Waals surface area (Å²) in [5, 5.41) is 1.36. The number of hydrogen-bond donors (Lipinski definition) is 0. The van der Waals surface area contributed by atoms with E-state index in [-0.39, 0.29) is 0 Å². The molecule has 0 aliphatic carbocycles. The Kier molecular flexibility index (Phi) is 5.78. The molecule has 0 amide bonds. The molecule has 2 aromatic rings. The van der Waals surface area contributed by atoms with Crippen LogP contribution < -0.4 is 0 Å². The maximum atomic E-state index is 6.24. The minimum absolute atomic E-state index is 0.352.